The van der Waals surface area contributed by atoms with Gasteiger partial charge in [-0.3, -0.25) is 4.79 Å². The maximum absolute atomic E-state index is 13.7. The third-order valence-electron chi connectivity index (χ3n) is 3.58. The van der Waals surface area contributed by atoms with E-state index in [1.165, 1.54) is 19.2 Å². The molecule has 0 amide bonds. The minimum Gasteiger partial charge on any atom is -0.465 e. The first-order chi connectivity index (χ1) is 11.1. The topological polar surface area (TPSA) is 72.0 Å². The second kappa shape index (κ2) is 6.00. The van der Waals surface area contributed by atoms with Gasteiger partial charge in [-0.05, 0) is 23.8 Å². The van der Waals surface area contributed by atoms with Crippen LogP contribution < -0.4 is 5.56 Å². The van der Waals surface area contributed by atoms with Gasteiger partial charge in [-0.2, -0.15) is 5.10 Å². The molecule has 0 atom stereocenters. The van der Waals surface area contributed by atoms with Gasteiger partial charge in [0.2, 0.25) is 0 Å². The second-order valence-electron chi connectivity index (χ2n) is 5.03. The Balaban J connectivity index is 2.05. The lowest BCUT2D eigenvalue weighted by Crippen LogP contribution is -2.11. The number of methoxy groups -OCH3 is 1. The summed E-state index contributed by atoms with van der Waals surface area (Å²) >= 11 is 0. The van der Waals surface area contributed by atoms with E-state index in [-0.39, 0.29) is 11.1 Å². The van der Waals surface area contributed by atoms with E-state index >= 15 is 0 Å². The molecule has 3 aromatic rings. The number of hydrogen-bond acceptors (Lipinski definition) is 4. The molecule has 23 heavy (non-hydrogen) atoms. The number of ether oxygens (including phenoxy) is 1. The maximum Gasteiger partial charge on any atom is 0.340 e. The van der Waals surface area contributed by atoms with Crippen LogP contribution >= 0.6 is 0 Å². The number of halogens is 1. The van der Waals surface area contributed by atoms with Crippen molar-refractivity contribution in [2.24, 2.45) is 0 Å². The van der Waals surface area contributed by atoms with Gasteiger partial charge in [0.25, 0.3) is 5.56 Å². The van der Waals surface area contributed by atoms with E-state index in [1.807, 2.05) is 6.07 Å². The summed E-state index contributed by atoms with van der Waals surface area (Å²) in [5, 5.41) is 7.78. The summed E-state index contributed by atoms with van der Waals surface area (Å²) in [4.78, 5) is 23.4. The minimum absolute atomic E-state index is 0.126. The molecule has 2 aromatic carbocycles. The molecule has 1 N–H and O–H groups in total. The molecular formula is C17H13FN2O3. The van der Waals surface area contributed by atoms with Gasteiger partial charge in [-0.15, -0.1) is 0 Å². The quantitative estimate of drug-likeness (QED) is 0.754. The van der Waals surface area contributed by atoms with E-state index in [0.717, 1.165) is 5.39 Å². The monoisotopic (exact) mass is 312 g/mol. The number of nitrogens with one attached hydrogen (secondary N) is 1. The summed E-state index contributed by atoms with van der Waals surface area (Å²) < 4.78 is 18.3. The van der Waals surface area contributed by atoms with Crippen LogP contribution in [0.5, 0.6) is 0 Å². The summed E-state index contributed by atoms with van der Waals surface area (Å²) in [5.74, 6) is -1.37. The van der Waals surface area contributed by atoms with E-state index in [4.69, 9.17) is 0 Å². The van der Waals surface area contributed by atoms with Gasteiger partial charge < -0.3 is 4.74 Å². The molecule has 1 aromatic heterocycles. The summed E-state index contributed by atoms with van der Waals surface area (Å²) in [6, 6.07) is 11.3. The number of H-pyrrole nitrogens is 1. The fourth-order valence-corrected chi connectivity index (χ4v) is 2.45. The van der Waals surface area contributed by atoms with Crippen molar-refractivity contribution in [3.63, 3.8) is 0 Å². The molecule has 0 spiro atoms. The molecule has 0 unspecified atom stereocenters. The third-order valence-corrected chi connectivity index (χ3v) is 3.58. The van der Waals surface area contributed by atoms with Gasteiger partial charge in [0.1, 0.15) is 5.82 Å². The van der Waals surface area contributed by atoms with Crippen LogP contribution in [0.4, 0.5) is 4.39 Å². The van der Waals surface area contributed by atoms with Crippen LogP contribution in [0.1, 0.15) is 21.6 Å². The van der Waals surface area contributed by atoms with Gasteiger partial charge in [0, 0.05) is 11.8 Å². The van der Waals surface area contributed by atoms with Crippen molar-refractivity contribution in [3.8, 4) is 0 Å². The largest absolute Gasteiger partial charge is 0.465 e. The SMILES string of the molecule is COC(=O)c1cc(Cc2n[nH]c(=O)c3ccccc23)ccc1F. The van der Waals surface area contributed by atoms with Crippen molar-refractivity contribution in [1.29, 1.82) is 0 Å². The molecule has 3 rings (SSSR count). The van der Waals surface area contributed by atoms with Crippen molar-refractivity contribution in [1.82, 2.24) is 10.2 Å². The lowest BCUT2D eigenvalue weighted by molar-refractivity contribution is 0.0595. The van der Waals surface area contributed by atoms with Gasteiger partial charge in [0.05, 0.1) is 23.8 Å². The molecular weight excluding hydrogens is 299 g/mol. The van der Waals surface area contributed by atoms with Crippen LogP contribution in [-0.2, 0) is 11.2 Å². The number of carbonyl (C=O) groups is 1. The first kappa shape index (κ1) is 14.9. The second-order valence-corrected chi connectivity index (χ2v) is 5.03. The first-order valence-corrected chi connectivity index (χ1v) is 6.93. The number of fused-ring (bicyclic) bond motifs is 1. The number of nitrogens with zero attached hydrogens (tertiary/aromatic N) is 1. The van der Waals surface area contributed by atoms with Gasteiger partial charge in [-0.1, -0.05) is 24.3 Å². The average Bonchev–Trinajstić information content (AvgIpc) is 2.58. The van der Waals surface area contributed by atoms with E-state index < -0.39 is 11.8 Å². The Labute approximate surface area is 130 Å². The van der Waals surface area contributed by atoms with Crippen LogP contribution in [0.15, 0.2) is 47.3 Å². The molecule has 5 nitrogen and oxygen atoms in total. The van der Waals surface area contributed by atoms with E-state index in [9.17, 15) is 14.0 Å². The number of benzene rings is 2. The Kier molecular flexibility index (Phi) is 3.89. The summed E-state index contributed by atoms with van der Waals surface area (Å²) in [6.45, 7) is 0. The Bertz CT molecular complexity index is 950. The maximum atomic E-state index is 13.7. The molecule has 0 aliphatic rings. The lowest BCUT2D eigenvalue weighted by atomic mass is 10.0. The van der Waals surface area contributed by atoms with Crippen LogP contribution in [0.3, 0.4) is 0 Å². The van der Waals surface area contributed by atoms with Crippen molar-refractivity contribution in [3.05, 3.63) is 75.5 Å². The zero-order valence-corrected chi connectivity index (χ0v) is 12.3. The van der Waals surface area contributed by atoms with Gasteiger partial charge >= 0.3 is 5.97 Å². The average molecular weight is 312 g/mol. The molecule has 116 valence electrons. The van der Waals surface area contributed by atoms with Crippen LogP contribution in [0, 0.1) is 5.82 Å². The number of hydrogen-bond donors (Lipinski definition) is 1. The smallest absolute Gasteiger partial charge is 0.340 e. The Hall–Kier alpha value is -3.02. The minimum atomic E-state index is -0.733. The third kappa shape index (κ3) is 2.83. The summed E-state index contributed by atoms with van der Waals surface area (Å²) in [5.41, 5.74) is 0.941. The number of esters is 1. The van der Waals surface area contributed by atoms with Crippen molar-refractivity contribution >= 4 is 16.7 Å². The predicted molar refractivity (Wildman–Crippen MR) is 82.9 cm³/mol. The molecule has 0 saturated heterocycles. The lowest BCUT2D eigenvalue weighted by Gasteiger charge is -2.07. The fraction of sp³-hybridized carbons (Fsp3) is 0.118. The van der Waals surface area contributed by atoms with Crippen molar-refractivity contribution in [2.45, 2.75) is 6.42 Å². The fourth-order valence-electron chi connectivity index (χ4n) is 2.45. The molecule has 0 radical (unpaired) electrons. The van der Waals surface area contributed by atoms with Crippen LogP contribution in [-0.4, -0.2) is 23.3 Å². The first-order valence-electron chi connectivity index (χ1n) is 6.93. The molecule has 0 aliphatic heterocycles. The zero-order valence-electron chi connectivity index (χ0n) is 12.3. The van der Waals surface area contributed by atoms with Crippen LogP contribution in [0.2, 0.25) is 0 Å². The van der Waals surface area contributed by atoms with Crippen LogP contribution in [0.25, 0.3) is 10.8 Å². The Morgan fingerprint density at radius 2 is 1.96 bits per heavy atom. The molecule has 0 fully saturated rings. The standard InChI is InChI=1S/C17H13FN2O3/c1-23-17(22)13-8-10(6-7-14(13)18)9-15-11-4-2-3-5-12(11)16(21)20-19-15/h2-8H,9H2,1H3,(H,20,21). The van der Waals surface area contributed by atoms with Crippen molar-refractivity contribution in [2.75, 3.05) is 7.11 Å². The summed E-state index contributed by atoms with van der Waals surface area (Å²) in [7, 11) is 1.20. The Morgan fingerprint density at radius 1 is 1.22 bits per heavy atom. The van der Waals surface area contributed by atoms with Gasteiger partial charge in [-0.25, -0.2) is 14.3 Å². The van der Waals surface area contributed by atoms with E-state index in [0.29, 0.717) is 23.1 Å². The van der Waals surface area contributed by atoms with Gasteiger partial charge in [0.15, 0.2) is 0 Å². The number of rotatable bonds is 3. The molecule has 6 heteroatoms. The highest BCUT2D eigenvalue weighted by Gasteiger charge is 2.14. The predicted octanol–water partition coefficient (Wildman–Crippen LogP) is 2.44. The number of aromatic nitrogens is 2. The summed E-state index contributed by atoms with van der Waals surface area (Å²) in [6.07, 6.45) is 0.349. The van der Waals surface area contributed by atoms with Crippen molar-refractivity contribution < 1.29 is 13.9 Å². The molecule has 1 heterocycles. The molecule has 0 bridgehead atoms. The van der Waals surface area contributed by atoms with E-state index in [1.54, 1.807) is 24.3 Å². The zero-order chi connectivity index (χ0) is 16.4. The number of aromatic amines is 1. The highest BCUT2D eigenvalue weighted by atomic mass is 19.1. The normalized spacial score (nSPS) is 10.7. The highest BCUT2D eigenvalue weighted by Crippen LogP contribution is 2.18. The van der Waals surface area contributed by atoms with E-state index in [2.05, 4.69) is 14.9 Å². The Morgan fingerprint density at radius 3 is 2.70 bits per heavy atom. The highest BCUT2D eigenvalue weighted by molar-refractivity contribution is 5.90. The number of carbonyl (C=O) groups excluding carboxylic acids is 1. The molecule has 0 saturated carbocycles. The molecule has 0 aliphatic carbocycles.